The fraction of sp³-hybridized carbons (Fsp3) is 0.333. The maximum absolute atomic E-state index is 5.93. The Labute approximate surface area is 126 Å². The summed E-state index contributed by atoms with van der Waals surface area (Å²) in [5, 5.41) is 4.54. The molecule has 104 valence electrons. The van der Waals surface area contributed by atoms with E-state index in [1.54, 1.807) is 0 Å². The fourth-order valence-electron chi connectivity index (χ4n) is 2.95. The van der Waals surface area contributed by atoms with E-state index in [0.717, 1.165) is 5.02 Å². The molecule has 3 rings (SSSR count). The van der Waals surface area contributed by atoms with Crippen molar-refractivity contribution in [1.82, 2.24) is 5.32 Å². The molecule has 1 aliphatic rings. The summed E-state index contributed by atoms with van der Waals surface area (Å²) >= 11 is 5.93. The number of nitrogens with one attached hydrogen (secondary N) is 1. The Balaban J connectivity index is 1.52. The second kappa shape index (κ2) is 5.99. The van der Waals surface area contributed by atoms with Crippen molar-refractivity contribution >= 4 is 11.6 Å². The van der Waals surface area contributed by atoms with Crippen LogP contribution in [0.5, 0.6) is 0 Å². The zero-order chi connectivity index (χ0) is 13.9. The number of hydrogen-bond acceptors (Lipinski definition) is 1. The molecule has 2 heteroatoms. The predicted octanol–water partition coefficient (Wildman–Crippen LogP) is 4.94. The molecule has 1 saturated carbocycles. The minimum Gasteiger partial charge on any atom is -0.307 e. The molecule has 0 unspecified atom stereocenters. The number of hydrogen-bond donors (Lipinski definition) is 1. The van der Waals surface area contributed by atoms with E-state index in [1.807, 2.05) is 12.1 Å². The van der Waals surface area contributed by atoms with Gasteiger partial charge in [0.1, 0.15) is 0 Å². The molecule has 0 aliphatic heterocycles. The van der Waals surface area contributed by atoms with E-state index in [9.17, 15) is 0 Å². The Kier molecular flexibility index (Phi) is 4.09. The largest absolute Gasteiger partial charge is 0.307 e. The molecule has 0 spiro atoms. The van der Waals surface area contributed by atoms with Crippen molar-refractivity contribution in [3.8, 4) is 0 Å². The van der Waals surface area contributed by atoms with Crippen molar-refractivity contribution in [2.75, 3.05) is 0 Å². The third-order valence-electron chi connectivity index (χ3n) is 4.26. The van der Waals surface area contributed by atoms with Gasteiger partial charge < -0.3 is 5.32 Å². The first-order chi connectivity index (χ1) is 9.72. The summed E-state index contributed by atoms with van der Waals surface area (Å²) in [4.78, 5) is 0. The van der Waals surface area contributed by atoms with Gasteiger partial charge in [-0.1, -0.05) is 54.1 Å². The smallest absolute Gasteiger partial charge is 0.0406 e. The Hall–Kier alpha value is -1.31. The van der Waals surface area contributed by atoms with Crippen LogP contribution in [-0.2, 0) is 0 Å². The monoisotopic (exact) mass is 285 g/mol. The molecule has 0 bridgehead atoms. The molecular weight excluding hydrogens is 266 g/mol. The highest BCUT2D eigenvalue weighted by Crippen LogP contribution is 2.38. The molecule has 0 heterocycles. The lowest BCUT2D eigenvalue weighted by molar-refractivity contribution is 0.271. The summed E-state index contributed by atoms with van der Waals surface area (Å²) in [7, 11) is 0. The SMILES string of the molecule is C[C@@H](NC1CC(c2ccc(Cl)cc2)C1)c1ccccc1. The van der Waals surface area contributed by atoms with Crippen LogP contribution in [0.1, 0.15) is 42.9 Å². The van der Waals surface area contributed by atoms with Crippen molar-refractivity contribution < 1.29 is 0 Å². The van der Waals surface area contributed by atoms with Crippen molar-refractivity contribution in [3.05, 3.63) is 70.7 Å². The Morgan fingerprint density at radius 1 is 1.00 bits per heavy atom. The summed E-state index contributed by atoms with van der Waals surface area (Å²) in [6, 6.07) is 20.0. The van der Waals surface area contributed by atoms with Gasteiger partial charge in [-0.25, -0.2) is 0 Å². The fourth-order valence-corrected chi connectivity index (χ4v) is 3.08. The van der Waals surface area contributed by atoms with Crippen molar-refractivity contribution in [2.45, 2.75) is 37.8 Å². The lowest BCUT2D eigenvalue weighted by atomic mass is 9.75. The Morgan fingerprint density at radius 3 is 2.30 bits per heavy atom. The first-order valence-corrected chi connectivity index (χ1v) is 7.66. The van der Waals surface area contributed by atoms with Gasteiger partial charge in [0.05, 0.1) is 0 Å². The van der Waals surface area contributed by atoms with Crippen LogP contribution in [-0.4, -0.2) is 6.04 Å². The Morgan fingerprint density at radius 2 is 1.65 bits per heavy atom. The highest BCUT2D eigenvalue weighted by Gasteiger charge is 2.30. The highest BCUT2D eigenvalue weighted by molar-refractivity contribution is 6.30. The summed E-state index contributed by atoms with van der Waals surface area (Å²) in [5.74, 6) is 0.688. The quantitative estimate of drug-likeness (QED) is 0.839. The molecule has 0 amide bonds. The first kappa shape index (κ1) is 13.7. The lowest BCUT2D eigenvalue weighted by Crippen LogP contribution is -2.41. The van der Waals surface area contributed by atoms with Crippen LogP contribution in [0.3, 0.4) is 0 Å². The van der Waals surface area contributed by atoms with E-state index in [1.165, 1.54) is 24.0 Å². The van der Waals surface area contributed by atoms with E-state index >= 15 is 0 Å². The summed E-state index contributed by atoms with van der Waals surface area (Å²) in [6.07, 6.45) is 2.44. The maximum Gasteiger partial charge on any atom is 0.0406 e. The van der Waals surface area contributed by atoms with Gasteiger partial charge >= 0.3 is 0 Å². The molecule has 1 aliphatic carbocycles. The zero-order valence-electron chi connectivity index (χ0n) is 11.7. The molecule has 1 fully saturated rings. The third kappa shape index (κ3) is 3.05. The molecule has 2 aromatic carbocycles. The van der Waals surface area contributed by atoms with Gasteiger partial charge in [0.2, 0.25) is 0 Å². The summed E-state index contributed by atoms with van der Waals surface area (Å²) in [5.41, 5.74) is 2.78. The second-order valence-corrected chi connectivity index (χ2v) is 6.15. The highest BCUT2D eigenvalue weighted by atomic mass is 35.5. The first-order valence-electron chi connectivity index (χ1n) is 7.29. The van der Waals surface area contributed by atoms with E-state index in [2.05, 4.69) is 54.7 Å². The molecule has 1 atom stereocenters. The van der Waals surface area contributed by atoms with E-state index in [4.69, 9.17) is 11.6 Å². The topological polar surface area (TPSA) is 12.0 Å². The van der Waals surface area contributed by atoms with Gasteiger partial charge in [-0.2, -0.15) is 0 Å². The van der Waals surface area contributed by atoms with Crippen LogP contribution in [0.2, 0.25) is 5.02 Å². The van der Waals surface area contributed by atoms with E-state index in [-0.39, 0.29) is 0 Å². The lowest BCUT2D eigenvalue weighted by Gasteiger charge is -2.38. The second-order valence-electron chi connectivity index (χ2n) is 5.72. The van der Waals surface area contributed by atoms with Gasteiger partial charge in [0.15, 0.2) is 0 Å². The Bertz CT molecular complexity index is 543. The minimum atomic E-state index is 0.423. The summed E-state index contributed by atoms with van der Waals surface area (Å²) in [6.45, 7) is 2.24. The van der Waals surface area contributed by atoms with Gasteiger partial charge in [0.25, 0.3) is 0 Å². The van der Waals surface area contributed by atoms with E-state index in [0.29, 0.717) is 18.0 Å². The number of halogens is 1. The normalized spacial score (nSPS) is 23.1. The van der Waals surface area contributed by atoms with Crippen LogP contribution in [0.4, 0.5) is 0 Å². The van der Waals surface area contributed by atoms with E-state index < -0.39 is 0 Å². The molecule has 2 aromatic rings. The molecular formula is C18H20ClN. The standard InChI is InChI=1S/C18H20ClN/c1-13(14-5-3-2-4-6-14)20-18-11-16(12-18)15-7-9-17(19)10-8-15/h2-10,13,16,18,20H,11-12H2,1H3/t13-,16?,18?/m1/s1. The van der Waals surface area contributed by atoms with Crippen LogP contribution >= 0.6 is 11.6 Å². The van der Waals surface area contributed by atoms with Gasteiger partial charge in [-0.05, 0) is 48.9 Å². The van der Waals surface area contributed by atoms with Crippen molar-refractivity contribution in [1.29, 1.82) is 0 Å². The maximum atomic E-state index is 5.93. The van der Waals surface area contributed by atoms with Crippen LogP contribution in [0, 0.1) is 0 Å². The average molecular weight is 286 g/mol. The van der Waals surface area contributed by atoms with Gasteiger partial charge in [-0.3, -0.25) is 0 Å². The summed E-state index contributed by atoms with van der Waals surface area (Å²) < 4.78 is 0. The predicted molar refractivity (Wildman–Crippen MR) is 85.2 cm³/mol. The number of benzene rings is 2. The zero-order valence-corrected chi connectivity index (χ0v) is 12.5. The molecule has 0 radical (unpaired) electrons. The van der Waals surface area contributed by atoms with Gasteiger partial charge in [-0.15, -0.1) is 0 Å². The van der Waals surface area contributed by atoms with Gasteiger partial charge in [0, 0.05) is 17.1 Å². The number of rotatable bonds is 4. The molecule has 0 saturated heterocycles. The van der Waals surface area contributed by atoms with Crippen LogP contribution in [0.25, 0.3) is 0 Å². The van der Waals surface area contributed by atoms with Crippen molar-refractivity contribution in [2.24, 2.45) is 0 Å². The molecule has 1 N–H and O–H groups in total. The molecule has 0 aromatic heterocycles. The third-order valence-corrected chi connectivity index (χ3v) is 4.52. The van der Waals surface area contributed by atoms with Crippen molar-refractivity contribution in [3.63, 3.8) is 0 Å². The average Bonchev–Trinajstić information content (AvgIpc) is 2.44. The molecule has 20 heavy (non-hydrogen) atoms. The van der Waals surface area contributed by atoms with Crippen LogP contribution in [0.15, 0.2) is 54.6 Å². The molecule has 1 nitrogen and oxygen atoms in total. The van der Waals surface area contributed by atoms with Crippen LogP contribution < -0.4 is 5.32 Å². The minimum absolute atomic E-state index is 0.423.